The molecule has 0 aromatic rings. The van der Waals surface area contributed by atoms with Crippen molar-refractivity contribution in [2.45, 2.75) is 232 Å². The fraction of sp³-hybridized carbons (Fsp3) is 0.818. The van der Waals surface area contributed by atoms with Gasteiger partial charge in [-0.1, -0.05) is 153 Å². The highest BCUT2D eigenvalue weighted by molar-refractivity contribution is 5.69. The molecule has 280 valence electrons. The number of carbonyl (C=O) groups excluding carboxylic acids is 1. The van der Waals surface area contributed by atoms with Crippen LogP contribution in [0, 0.1) is 0 Å². The fourth-order valence-corrected chi connectivity index (χ4v) is 6.21. The number of hydrogen-bond donors (Lipinski definition) is 1. The lowest BCUT2D eigenvalue weighted by molar-refractivity contribution is -0.150. The molecule has 0 spiro atoms. The third kappa shape index (κ3) is 38.6. The van der Waals surface area contributed by atoms with Gasteiger partial charge in [-0.2, -0.15) is 0 Å². The van der Waals surface area contributed by atoms with Gasteiger partial charge in [-0.05, 0) is 96.3 Å². The van der Waals surface area contributed by atoms with E-state index in [4.69, 9.17) is 9.84 Å². The molecule has 1 unspecified atom stereocenters. The summed E-state index contributed by atoms with van der Waals surface area (Å²) in [6, 6.07) is 0. The van der Waals surface area contributed by atoms with Crippen LogP contribution in [0.5, 0.6) is 0 Å². The highest BCUT2D eigenvalue weighted by Crippen LogP contribution is 2.18. The third-order valence-corrected chi connectivity index (χ3v) is 9.33. The van der Waals surface area contributed by atoms with Crippen molar-refractivity contribution in [2.75, 3.05) is 0 Å². The number of aliphatic carboxylic acids is 1. The number of carbonyl (C=O) groups is 2. The maximum Gasteiger partial charge on any atom is 0.306 e. The Bertz CT molecular complexity index is 768. The van der Waals surface area contributed by atoms with Crippen LogP contribution in [0.3, 0.4) is 0 Å². The molecule has 4 nitrogen and oxygen atoms in total. The van der Waals surface area contributed by atoms with Crippen molar-refractivity contribution < 1.29 is 19.4 Å². The van der Waals surface area contributed by atoms with Crippen LogP contribution in [0.25, 0.3) is 0 Å². The molecule has 0 aromatic carbocycles. The molecular formula is C44H80O4. The van der Waals surface area contributed by atoms with E-state index in [0.717, 1.165) is 77.0 Å². The first-order valence-electron chi connectivity index (χ1n) is 21.0. The number of carboxylic acid groups (broad SMARTS) is 1. The van der Waals surface area contributed by atoms with Crippen LogP contribution in [-0.2, 0) is 14.3 Å². The summed E-state index contributed by atoms with van der Waals surface area (Å²) in [6.45, 7) is 4.54. The zero-order valence-corrected chi connectivity index (χ0v) is 32.0. The Labute approximate surface area is 299 Å². The lowest BCUT2D eigenvalue weighted by Gasteiger charge is -2.18. The summed E-state index contributed by atoms with van der Waals surface area (Å²) in [7, 11) is 0. The average Bonchev–Trinajstić information content (AvgIpc) is 3.07. The van der Waals surface area contributed by atoms with E-state index in [9.17, 15) is 9.59 Å². The van der Waals surface area contributed by atoms with Crippen molar-refractivity contribution in [2.24, 2.45) is 0 Å². The van der Waals surface area contributed by atoms with Crippen LogP contribution in [0.1, 0.15) is 226 Å². The largest absolute Gasteiger partial charge is 0.481 e. The molecular weight excluding hydrogens is 592 g/mol. The van der Waals surface area contributed by atoms with Crippen molar-refractivity contribution in [1.29, 1.82) is 0 Å². The lowest BCUT2D eigenvalue weighted by atomic mass is 10.0. The molecule has 0 saturated heterocycles. The van der Waals surface area contributed by atoms with Crippen LogP contribution in [0.15, 0.2) is 36.5 Å². The Morgan fingerprint density at radius 1 is 0.458 bits per heavy atom. The van der Waals surface area contributed by atoms with Gasteiger partial charge < -0.3 is 9.84 Å². The van der Waals surface area contributed by atoms with Gasteiger partial charge in [-0.15, -0.1) is 0 Å². The SMILES string of the molecule is CCCCCCC/C=C\C/C=C\CCCCCC(CCCCCCCC(=O)O)OC(=O)CCCCCCC/C=C\CCCCCCCC. The van der Waals surface area contributed by atoms with E-state index in [1.807, 2.05) is 0 Å². The van der Waals surface area contributed by atoms with Gasteiger partial charge in [-0.25, -0.2) is 0 Å². The Balaban J connectivity index is 4.10. The highest BCUT2D eigenvalue weighted by atomic mass is 16.5. The number of rotatable bonds is 38. The van der Waals surface area contributed by atoms with Crippen LogP contribution >= 0.6 is 0 Å². The predicted molar refractivity (Wildman–Crippen MR) is 209 cm³/mol. The van der Waals surface area contributed by atoms with E-state index >= 15 is 0 Å². The first-order valence-corrected chi connectivity index (χ1v) is 21.0. The number of esters is 1. The maximum absolute atomic E-state index is 12.7. The Morgan fingerprint density at radius 2 is 0.812 bits per heavy atom. The molecule has 1 atom stereocenters. The lowest BCUT2D eigenvalue weighted by Crippen LogP contribution is -2.18. The molecule has 0 amide bonds. The van der Waals surface area contributed by atoms with Gasteiger partial charge in [0, 0.05) is 12.8 Å². The summed E-state index contributed by atoms with van der Waals surface area (Å²) in [4.78, 5) is 23.4. The zero-order valence-electron chi connectivity index (χ0n) is 32.0. The molecule has 4 heteroatoms. The molecule has 1 N–H and O–H groups in total. The predicted octanol–water partition coefficient (Wildman–Crippen LogP) is 14.6. The summed E-state index contributed by atoms with van der Waals surface area (Å²) >= 11 is 0. The Morgan fingerprint density at radius 3 is 1.27 bits per heavy atom. The highest BCUT2D eigenvalue weighted by Gasteiger charge is 2.14. The Kier molecular flexibility index (Phi) is 38.1. The first kappa shape index (κ1) is 46.2. The van der Waals surface area contributed by atoms with E-state index in [1.54, 1.807) is 0 Å². The van der Waals surface area contributed by atoms with Gasteiger partial charge in [0.1, 0.15) is 6.10 Å². The van der Waals surface area contributed by atoms with Crippen molar-refractivity contribution in [1.82, 2.24) is 0 Å². The van der Waals surface area contributed by atoms with Gasteiger partial charge in [-0.3, -0.25) is 9.59 Å². The second kappa shape index (κ2) is 39.6. The minimum atomic E-state index is -0.705. The number of unbranched alkanes of at least 4 members (excludes halogenated alkanes) is 23. The quantitative estimate of drug-likeness (QED) is 0.0403. The van der Waals surface area contributed by atoms with E-state index in [0.29, 0.717) is 6.42 Å². The van der Waals surface area contributed by atoms with Crippen LogP contribution < -0.4 is 0 Å². The molecule has 0 aliphatic rings. The van der Waals surface area contributed by atoms with Crippen molar-refractivity contribution in [3.63, 3.8) is 0 Å². The smallest absolute Gasteiger partial charge is 0.306 e. The van der Waals surface area contributed by atoms with E-state index in [2.05, 4.69) is 50.3 Å². The van der Waals surface area contributed by atoms with Crippen LogP contribution in [-0.4, -0.2) is 23.1 Å². The second-order valence-corrected chi connectivity index (χ2v) is 14.2. The van der Waals surface area contributed by atoms with Gasteiger partial charge >= 0.3 is 11.9 Å². The zero-order chi connectivity index (χ0) is 35.0. The molecule has 0 aromatic heterocycles. The van der Waals surface area contributed by atoms with E-state index in [-0.39, 0.29) is 18.5 Å². The first-order chi connectivity index (χ1) is 23.6. The number of carboxylic acids is 1. The molecule has 0 aliphatic carbocycles. The van der Waals surface area contributed by atoms with Gasteiger partial charge in [0.2, 0.25) is 0 Å². The maximum atomic E-state index is 12.7. The van der Waals surface area contributed by atoms with Crippen LogP contribution in [0.4, 0.5) is 0 Å². The van der Waals surface area contributed by atoms with E-state index in [1.165, 1.54) is 122 Å². The molecule has 0 rings (SSSR count). The van der Waals surface area contributed by atoms with Gasteiger partial charge in [0.25, 0.3) is 0 Å². The molecule has 0 fully saturated rings. The van der Waals surface area contributed by atoms with Crippen LogP contribution in [0.2, 0.25) is 0 Å². The summed E-state index contributed by atoms with van der Waals surface area (Å²) in [5.41, 5.74) is 0. The minimum absolute atomic E-state index is 0.0176. The molecule has 0 saturated carbocycles. The molecule has 48 heavy (non-hydrogen) atoms. The minimum Gasteiger partial charge on any atom is -0.481 e. The summed E-state index contributed by atoms with van der Waals surface area (Å²) in [5, 5.41) is 8.83. The molecule has 0 bridgehead atoms. The second-order valence-electron chi connectivity index (χ2n) is 14.2. The van der Waals surface area contributed by atoms with Gasteiger partial charge in [0.05, 0.1) is 0 Å². The summed E-state index contributed by atoms with van der Waals surface area (Å²) in [5.74, 6) is -0.722. The van der Waals surface area contributed by atoms with Crippen molar-refractivity contribution >= 4 is 11.9 Å². The van der Waals surface area contributed by atoms with E-state index < -0.39 is 5.97 Å². The molecule has 0 aliphatic heterocycles. The fourth-order valence-electron chi connectivity index (χ4n) is 6.21. The number of allylic oxidation sites excluding steroid dienone is 6. The normalized spacial score (nSPS) is 12.5. The molecule has 0 radical (unpaired) electrons. The topological polar surface area (TPSA) is 63.6 Å². The monoisotopic (exact) mass is 673 g/mol. The number of hydrogen-bond acceptors (Lipinski definition) is 3. The average molecular weight is 673 g/mol. The summed E-state index contributed by atoms with van der Waals surface area (Å²) < 4.78 is 6.00. The molecule has 0 heterocycles. The van der Waals surface area contributed by atoms with Crippen molar-refractivity contribution in [3.8, 4) is 0 Å². The van der Waals surface area contributed by atoms with Gasteiger partial charge in [0.15, 0.2) is 0 Å². The summed E-state index contributed by atoms with van der Waals surface area (Å²) in [6.07, 6.45) is 51.6. The number of ether oxygens (including phenoxy) is 1. The van der Waals surface area contributed by atoms with Crippen molar-refractivity contribution in [3.05, 3.63) is 36.5 Å². The Hall–Kier alpha value is -1.84. The third-order valence-electron chi connectivity index (χ3n) is 9.33. The standard InChI is InChI=1S/C44H80O4/c1-3-5-7-9-11-13-15-17-19-21-23-25-27-30-34-38-42(39-35-31-29-32-36-40-43(45)46)48-44(47)41-37-33-28-26-24-22-20-18-16-14-12-10-8-6-4-2/h15,17-18,20-21,23,42H,3-14,16,19,22,24-41H2,1-2H3,(H,45,46)/b17-15-,20-18-,23-21-.